The summed E-state index contributed by atoms with van der Waals surface area (Å²) in [6.45, 7) is 6.05. The lowest BCUT2D eigenvalue weighted by Crippen LogP contribution is -2.21. The Morgan fingerprint density at radius 2 is 1.79 bits per heavy atom. The first kappa shape index (κ1) is 21.1. The number of carboxylic acid groups (broad SMARTS) is 1. The van der Waals surface area contributed by atoms with E-state index in [0.717, 1.165) is 28.6 Å². The van der Waals surface area contributed by atoms with Gasteiger partial charge in [0.1, 0.15) is 6.33 Å². The van der Waals surface area contributed by atoms with Crippen molar-refractivity contribution in [1.29, 1.82) is 0 Å². The van der Waals surface area contributed by atoms with Crippen LogP contribution in [0, 0.1) is 20.8 Å². The highest BCUT2D eigenvalue weighted by molar-refractivity contribution is 5.73. The van der Waals surface area contributed by atoms with Crippen LogP contribution < -0.4 is 0 Å². The van der Waals surface area contributed by atoms with Crippen molar-refractivity contribution in [3.05, 3.63) is 53.0 Å². The number of rotatable bonds is 3. The summed E-state index contributed by atoms with van der Waals surface area (Å²) < 4.78 is 35.4. The highest BCUT2D eigenvalue weighted by atomic mass is 19.4. The lowest BCUT2D eigenvalue weighted by molar-refractivity contribution is -0.192. The summed E-state index contributed by atoms with van der Waals surface area (Å²) in [6.07, 6.45) is -0.792. The molecule has 3 rings (SSSR count). The van der Waals surface area contributed by atoms with Crippen LogP contribution in [0.1, 0.15) is 28.3 Å². The number of hydrogen-bond acceptors (Lipinski definition) is 5. The quantitative estimate of drug-likeness (QED) is 0.731. The van der Waals surface area contributed by atoms with Gasteiger partial charge in [-0.2, -0.15) is 23.4 Å². The highest BCUT2D eigenvalue weighted by Gasteiger charge is 2.38. The SMILES string of the molecule is Cc1cc(C)n(-c2cc(Cc3nn(C)cc3C)ncn2)n1.O=C(O)C(F)(F)F. The van der Waals surface area contributed by atoms with E-state index in [2.05, 4.69) is 27.1 Å². The van der Waals surface area contributed by atoms with Crippen LogP contribution in [0.5, 0.6) is 0 Å². The van der Waals surface area contributed by atoms with E-state index in [0.29, 0.717) is 6.42 Å². The van der Waals surface area contributed by atoms with Gasteiger partial charge in [-0.3, -0.25) is 4.68 Å². The Morgan fingerprint density at radius 1 is 1.14 bits per heavy atom. The highest BCUT2D eigenvalue weighted by Crippen LogP contribution is 2.14. The number of carboxylic acids is 1. The number of aryl methyl sites for hydroxylation is 4. The monoisotopic (exact) mass is 396 g/mol. The smallest absolute Gasteiger partial charge is 0.475 e. The molecule has 1 N–H and O–H groups in total. The van der Waals surface area contributed by atoms with Crippen molar-refractivity contribution in [2.24, 2.45) is 7.05 Å². The van der Waals surface area contributed by atoms with Gasteiger partial charge in [0.05, 0.1) is 17.1 Å². The van der Waals surface area contributed by atoms with Crippen LogP contribution in [0.4, 0.5) is 13.2 Å². The van der Waals surface area contributed by atoms with Gasteiger partial charge in [0.25, 0.3) is 0 Å². The van der Waals surface area contributed by atoms with Crippen LogP contribution in [-0.4, -0.2) is 46.8 Å². The fourth-order valence-corrected chi connectivity index (χ4v) is 2.46. The number of nitrogens with zero attached hydrogens (tertiary/aromatic N) is 6. The molecule has 0 aromatic carbocycles. The van der Waals surface area contributed by atoms with Gasteiger partial charge in [-0.25, -0.2) is 19.4 Å². The summed E-state index contributed by atoms with van der Waals surface area (Å²) in [6, 6.07) is 4.00. The molecule has 11 heteroatoms. The van der Waals surface area contributed by atoms with Crippen molar-refractivity contribution in [3.8, 4) is 5.82 Å². The minimum atomic E-state index is -5.08. The van der Waals surface area contributed by atoms with Crippen LogP contribution in [-0.2, 0) is 18.3 Å². The molecule has 0 saturated carbocycles. The minimum absolute atomic E-state index is 0.696. The zero-order valence-electron chi connectivity index (χ0n) is 15.7. The number of aromatic nitrogens is 6. The topological polar surface area (TPSA) is 98.7 Å². The molecule has 3 aromatic rings. The fourth-order valence-electron chi connectivity index (χ4n) is 2.46. The predicted molar refractivity (Wildman–Crippen MR) is 93.1 cm³/mol. The molecule has 0 aliphatic rings. The van der Waals surface area contributed by atoms with Crippen LogP contribution in [0.25, 0.3) is 5.82 Å². The number of aliphatic carboxylic acids is 1. The van der Waals surface area contributed by atoms with E-state index in [1.165, 1.54) is 5.56 Å². The number of alkyl halides is 3. The minimum Gasteiger partial charge on any atom is -0.475 e. The third kappa shape index (κ3) is 5.38. The van der Waals surface area contributed by atoms with Crippen LogP contribution in [0.15, 0.2) is 24.7 Å². The molecule has 3 aromatic heterocycles. The summed E-state index contributed by atoms with van der Waals surface area (Å²) in [5.41, 5.74) is 5.19. The maximum absolute atomic E-state index is 10.6. The standard InChI is InChI=1S/C15H18N6.C2HF3O2/c1-10-8-20(4)19-14(10)6-13-7-15(17-9-16-13)21-12(3)5-11(2)18-21;3-2(4,5)1(6)7/h5,7-9H,6H2,1-4H3;(H,6,7). The zero-order valence-corrected chi connectivity index (χ0v) is 15.7. The third-order valence-electron chi connectivity index (χ3n) is 3.64. The molecule has 28 heavy (non-hydrogen) atoms. The molecule has 150 valence electrons. The lowest BCUT2D eigenvalue weighted by Gasteiger charge is -2.05. The van der Waals surface area contributed by atoms with Gasteiger partial charge in [-0.1, -0.05) is 0 Å². The second-order valence-corrected chi connectivity index (χ2v) is 6.12. The molecule has 0 atom stereocenters. The zero-order chi connectivity index (χ0) is 21.1. The van der Waals surface area contributed by atoms with Crippen molar-refractivity contribution in [2.75, 3.05) is 0 Å². The third-order valence-corrected chi connectivity index (χ3v) is 3.64. The van der Waals surface area contributed by atoms with E-state index in [9.17, 15) is 13.2 Å². The van der Waals surface area contributed by atoms with E-state index < -0.39 is 12.1 Å². The van der Waals surface area contributed by atoms with Gasteiger partial charge in [-0.05, 0) is 32.4 Å². The van der Waals surface area contributed by atoms with Crippen molar-refractivity contribution in [2.45, 2.75) is 33.4 Å². The average molecular weight is 396 g/mol. The summed E-state index contributed by atoms with van der Waals surface area (Å²) in [5.74, 6) is -1.97. The Labute approximate surface area is 158 Å². The second kappa shape index (κ2) is 8.19. The second-order valence-electron chi connectivity index (χ2n) is 6.12. The summed E-state index contributed by atoms with van der Waals surface area (Å²) in [7, 11) is 1.93. The van der Waals surface area contributed by atoms with Crippen molar-refractivity contribution >= 4 is 5.97 Å². The molecule has 3 heterocycles. The molecule has 8 nitrogen and oxygen atoms in total. The molecule has 0 amide bonds. The first-order valence-electron chi connectivity index (χ1n) is 8.11. The van der Waals surface area contributed by atoms with E-state index in [-0.39, 0.29) is 0 Å². The first-order valence-corrected chi connectivity index (χ1v) is 8.11. The fraction of sp³-hybridized carbons (Fsp3) is 0.353. The maximum atomic E-state index is 10.6. The Morgan fingerprint density at radius 3 is 2.25 bits per heavy atom. The van der Waals surface area contributed by atoms with Gasteiger partial charge in [0.2, 0.25) is 0 Å². The molecular formula is C17H19F3N6O2. The van der Waals surface area contributed by atoms with E-state index >= 15 is 0 Å². The van der Waals surface area contributed by atoms with E-state index in [1.54, 1.807) is 6.33 Å². The largest absolute Gasteiger partial charge is 0.490 e. The Balaban J connectivity index is 0.000000345. The average Bonchev–Trinajstić information content (AvgIpc) is 3.08. The normalized spacial score (nSPS) is 11.1. The van der Waals surface area contributed by atoms with E-state index in [1.807, 2.05) is 48.6 Å². The first-order chi connectivity index (χ1) is 13.0. The van der Waals surface area contributed by atoms with E-state index in [4.69, 9.17) is 9.90 Å². The summed E-state index contributed by atoms with van der Waals surface area (Å²) >= 11 is 0. The van der Waals surface area contributed by atoms with Gasteiger partial charge in [0.15, 0.2) is 5.82 Å². The Hall–Kier alpha value is -3.24. The predicted octanol–water partition coefficient (Wildman–Crippen LogP) is 2.55. The molecule has 0 fully saturated rings. The molecule has 0 bridgehead atoms. The number of halogens is 3. The van der Waals surface area contributed by atoms with Crippen LogP contribution in [0.2, 0.25) is 0 Å². The maximum Gasteiger partial charge on any atom is 0.490 e. The van der Waals surface area contributed by atoms with Crippen molar-refractivity contribution in [1.82, 2.24) is 29.5 Å². The van der Waals surface area contributed by atoms with Crippen LogP contribution >= 0.6 is 0 Å². The summed E-state index contributed by atoms with van der Waals surface area (Å²) in [4.78, 5) is 17.6. The van der Waals surface area contributed by atoms with Crippen molar-refractivity contribution < 1.29 is 23.1 Å². The van der Waals surface area contributed by atoms with Crippen LogP contribution in [0.3, 0.4) is 0 Å². The lowest BCUT2D eigenvalue weighted by atomic mass is 10.1. The molecule has 0 radical (unpaired) electrons. The van der Waals surface area contributed by atoms with Gasteiger partial charge in [-0.15, -0.1) is 0 Å². The molecular weight excluding hydrogens is 377 g/mol. The molecule has 0 unspecified atom stereocenters. The number of carbonyl (C=O) groups is 1. The van der Waals surface area contributed by atoms with Gasteiger partial charge in [0, 0.05) is 31.4 Å². The Kier molecular flexibility index (Phi) is 6.16. The van der Waals surface area contributed by atoms with Crippen molar-refractivity contribution in [3.63, 3.8) is 0 Å². The van der Waals surface area contributed by atoms with Gasteiger partial charge >= 0.3 is 12.1 Å². The van der Waals surface area contributed by atoms with Gasteiger partial charge < -0.3 is 5.11 Å². The Bertz CT molecular complexity index is 978. The number of hydrogen-bond donors (Lipinski definition) is 1. The summed E-state index contributed by atoms with van der Waals surface area (Å²) in [5, 5.41) is 16.0. The molecule has 0 saturated heterocycles. The molecule has 0 aliphatic heterocycles. The molecule has 0 spiro atoms. The molecule has 0 aliphatic carbocycles.